The van der Waals surface area contributed by atoms with Gasteiger partial charge in [-0.2, -0.15) is 0 Å². The van der Waals surface area contributed by atoms with Crippen molar-refractivity contribution in [1.82, 2.24) is 15.3 Å². The lowest BCUT2D eigenvalue weighted by atomic mass is 10.0. The van der Waals surface area contributed by atoms with E-state index in [4.69, 9.17) is 0 Å². The first-order chi connectivity index (χ1) is 9.77. The summed E-state index contributed by atoms with van der Waals surface area (Å²) in [5.41, 5.74) is 1.12. The van der Waals surface area contributed by atoms with Crippen molar-refractivity contribution in [3.63, 3.8) is 0 Å². The van der Waals surface area contributed by atoms with Gasteiger partial charge in [0.25, 0.3) is 0 Å². The first-order valence-electron chi connectivity index (χ1n) is 8.23. The molecule has 0 spiro atoms. The Morgan fingerprint density at radius 2 is 1.50 bits per heavy atom. The molecule has 3 heteroatoms. The first kappa shape index (κ1) is 17.1. The molecule has 0 saturated carbocycles. The summed E-state index contributed by atoms with van der Waals surface area (Å²) in [6.45, 7) is 4.29. The van der Waals surface area contributed by atoms with E-state index in [1.165, 1.54) is 51.4 Å². The Labute approximate surface area is 124 Å². The minimum atomic E-state index is 0.302. The maximum absolute atomic E-state index is 4.42. The van der Waals surface area contributed by atoms with Crippen LogP contribution in [0.5, 0.6) is 0 Å². The molecule has 0 fully saturated rings. The fraction of sp³-hybridized carbons (Fsp3) is 0.765. The van der Waals surface area contributed by atoms with Crippen LogP contribution in [0.1, 0.15) is 82.1 Å². The van der Waals surface area contributed by atoms with Gasteiger partial charge in [0.15, 0.2) is 0 Å². The van der Waals surface area contributed by atoms with Crippen molar-refractivity contribution >= 4 is 0 Å². The van der Waals surface area contributed by atoms with Crippen LogP contribution in [0.25, 0.3) is 0 Å². The Kier molecular flexibility index (Phi) is 9.22. The Balaban J connectivity index is 2.14. The summed E-state index contributed by atoms with van der Waals surface area (Å²) in [6, 6.07) is 0.302. The molecule has 114 valence electrons. The monoisotopic (exact) mass is 277 g/mol. The predicted octanol–water partition coefficient (Wildman–Crippen LogP) is 4.58. The molecule has 0 aliphatic heterocycles. The van der Waals surface area contributed by atoms with Crippen molar-refractivity contribution < 1.29 is 0 Å². The average Bonchev–Trinajstić information content (AvgIpc) is 2.47. The molecule has 0 bridgehead atoms. The van der Waals surface area contributed by atoms with Crippen LogP contribution in [0.15, 0.2) is 12.4 Å². The van der Waals surface area contributed by atoms with Crippen LogP contribution in [0.4, 0.5) is 0 Å². The van der Waals surface area contributed by atoms with Gasteiger partial charge in [-0.25, -0.2) is 9.97 Å². The molecule has 1 aromatic heterocycles. The highest BCUT2D eigenvalue weighted by atomic mass is 15.0. The lowest BCUT2D eigenvalue weighted by molar-refractivity contribution is 0.476. The number of hydrogen-bond acceptors (Lipinski definition) is 3. The second-order valence-corrected chi connectivity index (χ2v) is 5.72. The van der Waals surface area contributed by atoms with E-state index in [-0.39, 0.29) is 0 Å². The van der Waals surface area contributed by atoms with Gasteiger partial charge in [0.1, 0.15) is 5.82 Å². The third-order valence-corrected chi connectivity index (χ3v) is 3.81. The van der Waals surface area contributed by atoms with Crippen LogP contribution in [-0.4, -0.2) is 17.0 Å². The predicted molar refractivity (Wildman–Crippen MR) is 85.8 cm³/mol. The summed E-state index contributed by atoms with van der Waals surface area (Å²) in [5.74, 6) is 0.932. The third kappa shape index (κ3) is 6.99. The standard InChI is InChI=1S/C17H31N3/c1-4-5-6-7-8-9-10-11-12-16(18-3)17-19-13-15(2)14-20-17/h13-14,16,18H,4-12H2,1-3H3. The van der Waals surface area contributed by atoms with Crippen molar-refractivity contribution in [2.24, 2.45) is 0 Å². The highest BCUT2D eigenvalue weighted by Crippen LogP contribution is 2.17. The van der Waals surface area contributed by atoms with Crippen LogP contribution < -0.4 is 5.32 Å². The molecule has 1 N–H and O–H groups in total. The van der Waals surface area contributed by atoms with Gasteiger partial charge >= 0.3 is 0 Å². The number of aromatic nitrogens is 2. The van der Waals surface area contributed by atoms with Gasteiger partial charge in [0.2, 0.25) is 0 Å². The van der Waals surface area contributed by atoms with Crippen LogP contribution >= 0.6 is 0 Å². The summed E-state index contributed by atoms with van der Waals surface area (Å²) in [4.78, 5) is 8.85. The molecule has 0 amide bonds. The summed E-state index contributed by atoms with van der Waals surface area (Å²) < 4.78 is 0. The van der Waals surface area contributed by atoms with Gasteiger partial charge in [-0.05, 0) is 26.0 Å². The largest absolute Gasteiger partial charge is 0.310 e. The minimum Gasteiger partial charge on any atom is -0.310 e. The maximum Gasteiger partial charge on any atom is 0.145 e. The van der Waals surface area contributed by atoms with E-state index >= 15 is 0 Å². The normalized spacial score (nSPS) is 12.6. The summed E-state index contributed by atoms with van der Waals surface area (Å²) in [5, 5.41) is 3.33. The van der Waals surface area contributed by atoms with Crippen molar-refractivity contribution in [2.45, 2.75) is 77.7 Å². The molecule has 1 atom stereocenters. The van der Waals surface area contributed by atoms with Crippen molar-refractivity contribution in [3.8, 4) is 0 Å². The van der Waals surface area contributed by atoms with Crippen molar-refractivity contribution in [2.75, 3.05) is 7.05 Å². The fourth-order valence-electron chi connectivity index (χ4n) is 2.47. The van der Waals surface area contributed by atoms with Crippen LogP contribution in [0, 0.1) is 6.92 Å². The van der Waals surface area contributed by atoms with Gasteiger partial charge in [-0.3, -0.25) is 0 Å². The molecule has 0 aliphatic rings. The molecule has 1 heterocycles. The zero-order valence-corrected chi connectivity index (χ0v) is 13.5. The van der Waals surface area contributed by atoms with E-state index < -0.39 is 0 Å². The number of unbranched alkanes of at least 4 members (excludes halogenated alkanes) is 7. The fourth-order valence-corrected chi connectivity index (χ4v) is 2.47. The summed E-state index contributed by atoms with van der Waals surface area (Å²) >= 11 is 0. The van der Waals surface area contributed by atoms with Crippen LogP contribution in [0.2, 0.25) is 0 Å². The number of aryl methyl sites for hydroxylation is 1. The highest BCUT2D eigenvalue weighted by molar-refractivity contribution is 5.04. The molecule has 0 aromatic carbocycles. The Hall–Kier alpha value is -0.960. The van der Waals surface area contributed by atoms with E-state index in [2.05, 4.69) is 22.2 Å². The number of nitrogens with one attached hydrogen (secondary N) is 1. The van der Waals surface area contributed by atoms with E-state index in [0.29, 0.717) is 6.04 Å². The zero-order valence-electron chi connectivity index (χ0n) is 13.5. The molecule has 0 radical (unpaired) electrons. The summed E-state index contributed by atoms with van der Waals surface area (Å²) in [7, 11) is 2.00. The Bertz CT molecular complexity index is 335. The molecule has 20 heavy (non-hydrogen) atoms. The SMILES string of the molecule is CCCCCCCCCCC(NC)c1ncc(C)cn1. The molecule has 1 aromatic rings. The van der Waals surface area contributed by atoms with E-state index in [9.17, 15) is 0 Å². The quantitative estimate of drug-likeness (QED) is 0.602. The van der Waals surface area contributed by atoms with Gasteiger partial charge in [0, 0.05) is 12.4 Å². The van der Waals surface area contributed by atoms with Gasteiger partial charge in [-0.15, -0.1) is 0 Å². The van der Waals surface area contributed by atoms with Gasteiger partial charge < -0.3 is 5.32 Å². The highest BCUT2D eigenvalue weighted by Gasteiger charge is 2.11. The number of nitrogens with zero attached hydrogens (tertiary/aromatic N) is 2. The van der Waals surface area contributed by atoms with Crippen LogP contribution in [-0.2, 0) is 0 Å². The van der Waals surface area contributed by atoms with E-state index in [1.807, 2.05) is 26.4 Å². The van der Waals surface area contributed by atoms with Gasteiger partial charge in [0.05, 0.1) is 6.04 Å². The summed E-state index contributed by atoms with van der Waals surface area (Å²) in [6.07, 6.45) is 15.8. The Morgan fingerprint density at radius 1 is 0.950 bits per heavy atom. The van der Waals surface area contributed by atoms with Gasteiger partial charge in [-0.1, -0.05) is 58.3 Å². The molecular formula is C17H31N3. The van der Waals surface area contributed by atoms with Crippen molar-refractivity contribution in [1.29, 1.82) is 0 Å². The lowest BCUT2D eigenvalue weighted by Gasteiger charge is -2.14. The average molecular weight is 277 g/mol. The molecule has 0 aliphatic carbocycles. The van der Waals surface area contributed by atoms with E-state index in [0.717, 1.165) is 17.8 Å². The van der Waals surface area contributed by atoms with E-state index in [1.54, 1.807) is 0 Å². The molecule has 1 rings (SSSR count). The zero-order chi connectivity index (χ0) is 14.6. The lowest BCUT2D eigenvalue weighted by Crippen LogP contribution is -2.19. The molecule has 3 nitrogen and oxygen atoms in total. The molecule has 1 unspecified atom stereocenters. The second-order valence-electron chi connectivity index (χ2n) is 5.72. The first-order valence-corrected chi connectivity index (χ1v) is 8.23. The molecule has 0 saturated heterocycles. The smallest absolute Gasteiger partial charge is 0.145 e. The topological polar surface area (TPSA) is 37.8 Å². The third-order valence-electron chi connectivity index (χ3n) is 3.81. The maximum atomic E-state index is 4.42. The number of hydrogen-bond donors (Lipinski definition) is 1. The van der Waals surface area contributed by atoms with Crippen LogP contribution in [0.3, 0.4) is 0 Å². The minimum absolute atomic E-state index is 0.302. The van der Waals surface area contributed by atoms with Crippen molar-refractivity contribution in [3.05, 3.63) is 23.8 Å². The molecular weight excluding hydrogens is 246 g/mol. The number of rotatable bonds is 11. The second kappa shape index (κ2) is 10.8. The Morgan fingerprint density at radius 3 is 2.05 bits per heavy atom.